The van der Waals surface area contributed by atoms with E-state index in [9.17, 15) is 0 Å². The van der Waals surface area contributed by atoms with Gasteiger partial charge in [0.2, 0.25) is 0 Å². The molecule has 2 rings (SSSR count). The van der Waals surface area contributed by atoms with Crippen molar-refractivity contribution in [3.63, 3.8) is 0 Å². The number of nitrogens with one attached hydrogen (secondary N) is 1. The maximum absolute atomic E-state index is 9.13. The molecule has 13 heavy (non-hydrogen) atoms. The van der Waals surface area contributed by atoms with E-state index in [-0.39, 0.29) is 0 Å². The third-order valence-corrected chi connectivity index (χ3v) is 1.97. The van der Waals surface area contributed by atoms with Crippen molar-refractivity contribution < 1.29 is 5.11 Å². The van der Waals surface area contributed by atoms with E-state index in [1.54, 1.807) is 12.1 Å². The Labute approximate surface area is 75.4 Å². The second-order valence-corrected chi connectivity index (χ2v) is 3.04. The number of rotatable bonds is 1. The van der Waals surface area contributed by atoms with Gasteiger partial charge in [-0.1, -0.05) is 6.07 Å². The molecule has 1 aromatic carbocycles. The third-order valence-electron chi connectivity index (χ3n) is 1.97. The fraction of sp³-hybridized carbons (Fsp3) is 0.222. The molecular weight excluding hydrogens is 166 g/mol. The molecule has 2 aromatic rings. The highest BCUT2D eigenvalue weighted by atomic mass is 16.3. The SMILES string of the molecule is Cc1nc2ccc(C(N)O)cc2[nH]1. The molecule has 4 N–H and O–H groups in total. The Balaban J connectivity index is 2.61. The highest BCUT2D eigenvalue weighted by molar-refractivity contribution is 5.75. The number of hydrogen-bond donors (Lipinski definition) is 3. The predicted octanol–water partition coefficient (Wildman–Crippen LogP) is 0.821. The van der Waals surface area contributed by atoms with Crippen LogP contribution in [0.15, 0.2) is 18.2 Å². The number of imidazole rings is 1. The van der Waals surface area contributed by atoms with Crippen LogP contribution in [-0.2, 0) is 0 Å². The number of benzene rings is 1. The molecule has 4 nitrogen and oxygen atoms in total. The average molecular weight is 177 g/mol. The van der Waals surface area contributed by atoms with E-state index >= 15 is 0 Å². The number of aryl methyl sites for hydroxylation is 1. The van der Waals surface area contributed by atoms with Gasteiger partial charge in [0.05, 0.1) is 11.0 Å². The molecule has 1 unspecified atom stereocenters. The lowest BCUT2D eigenvalue weighted by molar-refractivity contribution is 0.186. The normalized spacial score (nSPS) is 13.5. The van der Waals surface area contributed by atoms with Gasteiger partial charge in [-0.15, -0.1) is 0 Å². The number of aromatic nitrogens is 2. The fourth-order valence-corrected chi connectivity index (χ4v) is 1.34. The molecule has 0 fully saturated rings. The van der Waals surface area contributed by atoms with E-state index in [0.717, 1.165) is 16.9 Å². The van der Waals surface area contributed by atoms with Crippen molar-refractivity contribution in [2.45, 2.75) is 13.2 Å². The summed E-state index contributed by atoms with van der Waals surface area (Å²) >= 11 is 0. The molecule has 68 valence electrons. The molecule has 0 saturated heterocycles. The van der Waals surface area contributed by atoms with Crippen LogP contribution >= 0.6 is 0 Å². The van der Waals surface area contributed by atoms with Gasteiger partial charge in [0, 0.05) is 0 Å². The van der Waals surface area contributed by atoms with Gasteiger partial charge in [0.1, 0.15) is 12.1 Å². The molecule has 0 aliphatic rings. The molecule has 0 aliphatic carbocycles. The largest absolute Gasteiger partial charge is 0.375 e. The summed E-state index contributed by atoms with van der Waals surface area (Å²) in [6, 6.07) is 5.41. The van der Waals surface area contributed by atoms with Gasteiger partial charge in [-0.2, -0.15) is 0 Å². The minimum atomic E-state index is -0.923. The van der Waals surface area contributed by atoms with Crippen LogP contribution in [-0.4, -0.2) is 15.1 Å². The monoisotopic (exact) mass is 177 g/mol. The molecule has 1 aromatic heterocycles. The standard InChI is InChI=1S/C9H11N3O/c1-5-11-7-3-2-6(9(10)13)4-8(7)12-5/h2-4,9,13H,10H2,1H3,(H,11,12). The number of nitrogens with zero attached hydrogens (tertiary/aromatic N) is 1. The first-order valence-electron chi connectivity index (χ1n) is 4.07. The van der Waals surface area contributed by atoms with Crippen LogP contribution in [0.25, 0.3) is 11.0 Å². The summed E-state index contributed by atoms with van der Waals surface area (Å²) in [5.41, 5.74) is 7.82. The number of nitrogens with two attached hydrogens (primary N) is 1. The van der Waals surface area contributed by atoms with Crippen molar-refractivity contribution in [1.29, 1.82) is 0 Å². The number of aliphatic hydroxyl groups is 1. The van der Waals surface area contributed by atoms with Crippen molar-refractivity contribution >= 4 is 11.0 Å². The Morgan fingerprint density at radius 2 is 2.31 bits per heavy atom. The topological polar surface area (TPSA) is 74.9 Å². The average Bonchev–Trinajstić information content (AvgIpc) is 2.42. The molecule has 0 spiro atoms. The molecule has 0 radical (unpaired) electrons. The van der Waals surface area contributed by atoms with Crippen molar-refractivity contribution in [2.75, 3.05) is 0 Å². The van der Waals surface area contributed by atoms with Crippen LogP contribution in [0.1, 0.15) is 17.6 Å². The third kappa shape index (κ3) is 1.41. The van der Waals surface area contributed by atoms with Gasteiger partial charge in [-0.05, 0) is 24.6 Å². The Hall–Kier alpha value is -1.39. The summed E-state index contributed by atoms with van der Waals surface area (Å²) in [5, 5.41) is 9.13. The fourth-order valence-electron chi connectivity index (χ4n) is 1.34. The smallest absolute Gasteiger partial charge is 0.128 e. The maximum Gasteiger partial charge on any atom is 0.128 e. The van der Waals surface area contributed by atoms with Crippen LogP contribution in [0, 0.1) is 6.92 Å². The lowest BCUT2D eigenvalue weighted by Crippen LogP contribution is -2.07. The lowest BCUT2D eigenvalue weighted by atomic mass is 10.2. The Morgan fingerprint density at radius 1 is 1.54 bits per heavy atom. The highest BCUT2D eigenvalue weighted by Gasteiger charge is 2.04. The Kier molecular flexibility index (Phi) is 1.79. The molecule has 1 atom stereocenters. The molecule has 1 heterocycles. The summed E-state index contributed by atoms with van der Waals surface area (Å²) in [6.45, 7) is 1.89. The van der Waals surface area contributed by atoms with Crippen molar-refractivity contribution in [1.82, 2.24) is 9.97 Å². The predicted molar refractivity (Wildman–Crippen MR) is 50.0 cm³/mol. The second kappa shape index (κ2) is 2.83. The van der Waals surface area contributed by atoms with Crippen molar-refractivity contribution in [3.8, 4) is 0 Å². The van der Waals surface area contributed by atoms with E-state index < -0.39 is 6.23 Å². The molecule has 0 amide bonds. The highest BCUT2D eigenvalue weighted by Crippen LogP contribution is 2.16. The lowest BCUT2D eigenvalue weighted by Gasteiger charge is -2.02. The molecule has 0 bridgehead atoms. The molecule has 0 saturated carbocycles. The first-order valence-corrected chi connectivity index (χ1v) is 4.07. The molecule has 4 heteroatoms. The van der Waals surface area contributed by atoms with Crippen LogP contribution < -0.4 is 5.73 Å². The Bertz CT molecular complexity index is 433. The summed E-state index contributed by atoms with van der Waals surface area (Å²) < 4.78 is 0. The number of fused-ring (bicyclic) bond motifs is 1. The first-order chi connectivity index (χ1) is 6.16. The number of aliphatic hydroxyl groups excluding tert-OH is 1. The first kappa shape index (κ1) is 8.22. The maximum atomic E-state index is 9.13. The molecular formula is C9H11N3O. The van der Waals surface area contributed by atoms with Gasteiger partial charge in [-0.3, -0.25) is 0 Å². The van der Waals surface area contributed by atoms with E-state index in [4.69, 9.17) is 10.8 Å². The van der Waals surface area contributed by atoms with E-state index in [0.29, 0.717) is 5.56 Å². The summed E-state index contributed by atoms with van der Waals surface area (Å²) in [4.78, 5) is 7.31. The minimum Gasteiger partial charge on any atom is -0.375 e. The van der Waals surface area contributed by atoms with Gasteiger partial charge >= 0.3 is 0 Å². The number of aromatic amines is 1. The zero-order chi connectivity index (χ0) is 9.42. The summed E-state index contributed by atoms with van der Waals surface area (Å²) in [6.07, 6.45) is -0.923. The Morgan fingerprint density at radius 3 is 3.00 bits per heavy atom. The summed E-state index contributed by atoms with van der Waals surface area (Å²) in [7, 11) is 0. The minimum absolute atomic E-state index is 0.691. The van der Waals surface area contributed by atoms with Gasteiger partial charge < -0.3 is 15.8 Å². The van der Waals surface area contributed by atoms with Crippen LogP contribution in [0.5, 0.6) is 0 Å². The number of hydrogen-bond acceptors (Lipinski definition) is 3. The number of H-pyrrole nitrogens is 1. The summed E-state index contributed by atoms with van der Waals surface area (Å²) in [5.74, 6) is 0.860. The van der Waals surface area contributed by atoms with Crippen LogP contribution in [0.4, 0.5) is 0 Å². The quantitative estimate of drug-likeness (QED) is 0.564. The van der Waals surface area contributed by atoms with Crippen LogP contribution in [0.2, 0.25) is 0 Å². The second-order valence-electron chi connectivity index (χ2n) is 3.04. The van der Waals surface area contributed by atoms with Crippen molar-refractivity contribution in [2.24, 2.45) is 5.73 Å². The van der Waals surface area contributed by atoms with E-state index in [1.807, 2.05) is 13.0 Å². The van der Waals surface area contributed by atoms with Gasteiger partial charge in [0.25, 0.3) is 0 Å². The van der Waals surface area contributed by atoms with E-state index in [2.05, 4.69) is 9.97 Å². The van der Waals surface area contributed by atoms with Crippen LogP contribution in [0.3, 0.4) is 0 Å². The van der Waals surface area contributed by atoms with E-state index in [1.165, 1.54) is 0 Å². The van der Waals surface area contributed by atoms with Gasteiger partial charge in [-0.25, -0.2) is 4.98 Å². The van der Waals surface area contributed by atoms with Gasteiger partial charge in [0.15, 0.2) is 0 Å². The molecule has 0 aliphatic heterocycles. The zero-order valence-electron chi connectivity index (χ0n) is 7.28. The van der Waals surface area contributed by atoms with Crippen molar-refractivity contribution in [3.05, 3.63) is 29.6 Å². The zero-order valence-corrected chi connectivity index (χ0v) is 7.28.